The molecule has 0 saturated carbocycles. The highest BCUT2D eigenvalue weighted by Crippen LogP contribution is 2.05. The van der Waals surface area contributed by atoms with Crippen molar-refractivity contribution in [3.8, 4) is 0 Å². The normalized spacial score (nSPS) is 11.4. The lowest BCUT2D eigenvalue weighted by molar-refractivity contribution is -0.147. The Morgan fingerprint density at radius 3 is 2.18 bits per heavy atom. The van der Waals surface area contributed by atoms with E-state index in [1.165, 1.54) is 5.56 Å². The van der Waals surface area contributed by atoms with Crippen LogP contribution in [-0.2, 0) is 25.6 Å². The Morgan fingerprint density at radius 1 is 0.857 bits per heavy atom. The summed E-state index contributed by atoms with van der Waals surface area (Å²) in [6.45, 7) is 0.530. The Labute approximate surface area is 164 Å². The van der Waals surface area contributed by atoms with Crippen LogP contribution in [0, 0.1) is 0 Å². The van der Waals surface area contributed by atoms with Gasteiger partial charge in [0.2, 0.25) is 11.8 Å². The van der Waals surface area contributed by atoms with Gasteiger partial charge in [-0.1, -0.05) is 36.8 Å². The monoisotopic (exact) mass is 392 g/mol. The first-order chi connectivity index (χ1) is 13.4. The molecule has 1 aromatic carbocycles. The molecule has 0 aromatic heterocycles. The molecule has 0 aliphatic rings. The first-order valence-electron chi connectivity index (χ1n) is 9.43. The predicted molar refractivity (Wildman–Crippen MR) is 103 cm³/mol. The largest absolute Gasteiger partial charge is 0.481 e. The van der Waals surface area contributed by atoms with Gasteiger partial charge in [-0.3, -0.25) is 14.4 Å². The maximum atomic E-state index is 11.8. The smallest absolute Gasteiger partial charge is 0.326 e. The Hall–Kier alpha value is -2.90. The summed E-state index contributed by atoms with van der Waals surface area (Å²) in [5, 5.41) is 22.5. The van der Waals surface area contributed by atoms with Crippen molar-refractivity contribution in [2.45, 2.75) is 57.4 Å². The fourth-order valence-corrected chi connectivity index (χ4v) is 2.64. The molecule has 154 valence electrons. The Kier molecular flexibility index (Phi) is 11.0. The van der Waals surface area contributed by atoms with Crippen LogP contribution in [0.15, 0.2) is 30.3 Å². The molecule has 0 radical (unpaired) electrons. The molecule has 8 heteroatoms. The molecule has 1 rings (SSSR count). The van der Waals surface area contributed by atoms with Gasteiger partial charge in [0.1, 0.15) is 6.04 Å². The maximum absolute atomic E-state index is 11.8. The molecule has 0 aliphatic heterocycles. The molecular formula is C20H28N2O6. The molecule has 0 saturated heterocycles. The summed E-state index contributed by atoms with van der Waals surface area (Å²) in [6, 6.07) is 8.57. The van der Waals surface area contributed by atoms with Crippen LogP contribution in [-0.4, -0.2) is 46.6 Å². The number of carbonyl (C=O) groups excluding carboxylic acids is 2. The average Bonchev–Trinajstić information content (AvgIpc) is 2.64. The third-order valence-corrected chi connectivity index (χ3v) is 4.13. The van der Waals surface area contributed by atoms with E-state index < -0.39 is 30.3 Å². The number of hydrogen-bond acceptors (Lipinski definition) is 4. The zero-order chi connectivity index (χ0) is 20.8. The second-order valence-corrected chi connectivity index (χ2v) is 6.56. The van der Waals surface area contributed by atoms with E-state index >= 15 is 0 Å². The highest BCUT2D eigenvalue weighted by molar-refractivity contribution is 5.86. The van der Waals surface area contributed by atoms with Gasteiger partial charge < -0.3 is 20.8 Å². The van der Waals surface area contributed by atoms with Crippen molar-refractivity contribution in [3.05, 3.63) is 35.9 Å². The maximum Gasteiger partial charge on any atom is 0.326 e. The van der Waals surface area contributed by atoms with Crippen LogP contribution in [0.25, 0.3) is 0 Å². The summed E-state index contributed by atoms with van der Waals surface area (Å²) in [7, 11) is 0. The molecule has 0 bridgehead atoms. The number of rotatable bonds is 14. The fourth-order valence-electron chi connectivity index (χ4n) is 2.64. The van der Waals surface area contributed by atoms with Crippen molar-refractivity contribution in [1.82, 2.24) is 10.6 Å². The zero-order valence-corrected chi connectivity index (χ0v) is 15.9. The van der Waals surface area contributed by atoms with E-state index in [1.807, 2.05) is 30.3 Å². The molecule has 8 nitrogen and oxygen atoms in total. The molecule has 0 fully saturated rings. The first kappa shape index (κ1) is 23.1. The Morgan fingerprint density at radius 2 is 1.54 bits per heavy atom. The number of carboxylic acid groups (broad SMARTS) is 2. The molecule has 1 unspecified atom stereocenters. The number of carbonyl (C=O) groups is 4. The second-order valence-electron chi connectivity index (χ2n) is 6.56. The summed E-state index contributed by atoms with van der Waals surface area (Å²) >= 11 is 0. The minimum Gasteiger partial charge on any atom is -0.481 e. The summed E-state index contributed by atoms with van der Waals surface area (Å²) in [5.74, 6) is -3.14. The van der Waals surface area contributed by atoms with E-state index in [9.17, 15) is 19.2 Å². The van der Waals surface area contributed by atoms with Crippen LogP contribution in [0.4, 0.5) is 0 Å². The van der Waals surface area contributed by atoms with E-state index in [2.05, 4.69) is 10.6 Å². The Bertz CT molecular complexity index is 647. The quantitative estimate of drug-likeness (QED) is 0.356. The average molecular weight is 392 g/mol. The van der Waals surface area contributed by atoms with Crippen LogP contribution in [0.5, 0.6) is 0 Å². The summed E-state index contributed by atoms with van der Waals surface area (Å²) in [5.41, 5.74) is 1.21. The molecule has 4 N–H and O–H groups in total. The molecule has 2 amide bonds. The van der Waals surface area contributed by atoms with Gasteiger partial charge in [-0.15, -0.1) is 0 Å². The van der Waals surface area contributed by atoms with Crippen LogP contribution >= 0.6 is 0 Å². The van der Waals surface area contributed by atoms with Crippen molar-refractivity contribution in [3.63, 3.8) is 0 Å². The molecule has 0 spiro atoms. The number of amides is 2. The lowest BCUT2D eigenvalue weighted by Crippen LogP contribution is -2.42. The summed E-state index contributed by atoms with van der Waals surface area (Å²) < 4.78 is 0. The lowest BCUT2D eigenvalue weighted by Gasteiger charge is -2.12. The molecule has 28 heavy (non-hydrogen) atoms. The number of aliphatic carboxylic acids is 2. The highest BCUT2D eigenvalue weighted by Gasteiger charge is 2.22. The third kappa shape index (κ3) is 10.9. The van der Waals surface area contributed by atoms with Crippen molar-refractivity contribution in [1.29, 1.82) is 0 Å². The van der Waals surface area contributed by atoms with Gasteiger partial charge in [0, 0.05) is 19.4 Å². The van der Waals surface area contributed by atoms with Crippen LogP contribution in [0.3, 0.4) is 0 Å². The zero-order valence-electron chi connectivity index (χ0n) is 15.9. The van der Waals surface area contributed by atoms with E-state index in [1.54, 1.807) is 0 Å². The number of aryl methyl sites for hydroxylation is 1. The van der Waals surface area contributed by atoms with Crippen molar-refractivity contribution in [2.24, 2.45) is 0 Å². The number of unbranched alkanes of at least 4 members (excludes halogenated alkanes) is 2. The van der Waals surface area contributed by atoms with Crippen LogP contribution in [0.2, 0.25) is 0 Å². The minimum atomic E-state index is -1.42. The first-order valence-corrected chi connectivity index (χ1v) is 9.43. The predicted octanol–water partition coefficient (Wildman–Crippen LogP) is 1.73. The summed E-state index contributed by atoms with van der Waals surface area (Å²) in [6.07, 6.45) is 3.54. The summed E-state index contributed by atoms with van der Waals surface area (Å²) in [4.78, 5) is 44.9. The van der Waals surface area contributed by atoms with Crippen LogP contribution < -0.4 is 10.6 Å². The van der Waals surface area contributed by atoms with Gasteiger partial charge >= 0.3 is 11.9 Å². The molecule has 0 aliphatic carbocycles. The Balaban J connectivity index is 2.05. The fraction of sp³-hybridized carbons (Fsp3) is 0.500. The van der Waals surface area contributed by atoms with Gasteiger partial charge in [0.15, 0.2) is 0 Å². The van der Waals surface area contributed by atoms with Crippen LogP contribution in [0.1, 0.15) is 50.5 Å². The standard InChI is InChI=1S/C20H28N2O6/c23-17(12-7-10-15-8-3-1-4-9-15)21-13-6-2-5-11-18(24)22-16(20(27)28)14-19(25)26/h1,3-4,8-9,16H,2,5-7,10-14H2,(H,21,23)(H,22,24)(H,25,26)(H,27,28). The lowest BCUT2D eigenvalue weighted by atomic mass is 10.1. The van der Waals surface area contributed by atoms with E-state index in [0.717, 1.165) is 19.3 Å². The SMILES string of the molecule is O=C(O)CC(NC(=O)CCCCCNC(=O)CCCc1ccccc1)C(=O)O. The number of carboxylic acids is 2. The molecular weight excluding hydrogens is 364 g/mol. The van der Waals surface area contributed by atoms with Gasteiger partial charge in [0.25, 0.3) is 0 Å². The van der Waals surface area contributed by atoms with Gasteiger partial charge in [-0.2, -0.15) is 0 Å². The van der Waals surface area contributed by atoms with E-state index in [4.69, 9.17) is 10.2 Å². The van der Waals surface area contributed by atoms with Crippen molar-refractivity contribution < 1.29 is 29.4 Å². The van der Waals surface area contributed by atoms with Crippen molar-refractivity contribution >= 4 is 23.8 Å². The topological polar surface area (TPSA) is 133 Å². The highest BCUT2D eigenvalue weighted by atomic mass is 16.4. The number of nitrogens with one attached hydrogen (secondary N) is 2. The second kappa shape index (κ2) is 13.3. The minimum absolute atomic E-state index is 0.00615. The molecule has 1 aromatic rings. The molecule has 0 heterocycles. The van der Waals surface area contributed by atoms with Gasteiger partial charge in [-0.05, 0) is 31.2 Å². The van der Waals surface area contributed by atoms with E-state index in [-0.39, 0.29) is 12.3 Å². The van der Waals surface area contributed by atoms with Crippen molar-refractivity contribution in [2.75, 3.05) is 6.54 Å². The third-order valence-electron chi connectivity index (χ3n) is 4.13. The number of benzene rings is 1. The van der Waals surface area contributed by atoms with Gasteiger partial charge in [0.05, 0.1) is 6.42 Å². The number of hydrogen-bond donors (Lipinski definition) is 4. The van der Waals surface area contributed by atoms with Gasteiger partial charge in [-0.25, -0.2) is 4.79 Å². The molecule has 1 atom stereocenters. The van der Waals surface area contributed by atoms with E-state index in [0.29, 0.717) is 25.8 Å².